The summed E-state index contributed by atoms with van der Waals surface area (Å²) in [5, 5.41) is 6.77. The standard InChI is InChI=1S/C18H36N4O3/c1-8-25-11-9-10-19-16(20-13-15(23)22(5)6)21-14-12-18(4,24-7)17(14,2)3/h14H,8-13H2,1-7H3,(H2,19,20,21). The van der Waals surface area contributed by atoms with Crippen LogP contribution in [0.3, 0.4) is 0 Å². The molecule has 1 rings (SSSR count). The van der Waals surface area contributed by atoms with Gasteiger partial charge in [-0.25, -0.2) is 4.99 Å². The molecule has 0 saturated heterocycles. The van der Waals surface area contributed by atoms with Gasteiger partial charge in [0.1, 0.15) is 6.54 Å². The van der Waals surface area contributed by atoms with Gasteiger partial charge in [-0.15, -0.1) is 0 Å². The number of hydrogen-bond donors (Lipinski definition) is 2. The van der Waals surface area contributed by atoms with E-state index in [0.717, 1.165) is 26.0 Å². The molecule has 7 heteroatoms. The summed E-state index contributed by atoms with van der Waals surface area (Å²) in [6.45, 7) is 10.8. The molecule has 1 saturated carbocycles. The summed E-state index contributed by atoms with van der Waals surface area (Å²) in [5.41, 5.74) is -0.175. The lowest BCUT2D eigenvalue weighted by Crippen LogP contribution is -2.69. The first-order valence-corrected chi connectivity index (χ1v) is 9.06. The maximum atomic E-state index is 11.8. The molecular weight excluding hydrogens is 320 g/mol. The molecule has 1 aliphatic rings. The molecule has 0 spiro atoms. The van der Waals surface area contributed by atoms with Crippen molar-refractivity contribution >= 4 is 11.9 Å². The van der Waals surface area contributed by atoms with E-state index >= 15 is 0 Å². The molecule has 1 amide bonds. The fraction of sp³-hybridized carbons (Fsp3) is 0.889. The van der Waals surface area contributed by atoms with Crippen LogP contribution in [0.15, 0.2) is 4.99 Å². The van der Waals surface area contributed by atoms with Gasteiger partial charge in [-0.1, -0.05) is 13.8 Å². The Hall–Kier alpha value is -1.34. The van der Waals surface area contributed by atoms with Gasteiger partial charge in [-0.05, 0) is 26.7 Å². The summed E-state index contributed by atoms with van der Waals surface area (Å²) in [6, 6.07) is 0.241. The van der Waals surface area contributed by atoms with Crippen LogP contribution in [-0.4, -0.2) is 75.9 Å². The zero-order chi connectivity index (χ0) is 19.1. The van der Waals surface area contributed by atoms with Crippen LogP contribution >= 0.6 is 0 Å². The summed E-state index contributed by atoms with van der Waals surface area (Å²) in [5.74, 6) is 0.646. The van der Waals surface area contributed by atoms with Gasteiger partial charge in [-0.2, -0.15) is 0 Å². The average molecular weight is 357 g/mol. The third-order valence-corrected chi connectivity index (χ3v) is 5.42. The Kier molecular flexibility index (Phi) is 8.15. The molecule has 2 N–H and O–H groups in total. The molecule has 2 unspecified atom stereocenters. The van der Waals surface area contributed by atoms with Crippen molar-refractivity contribution in [1.29, 1.82) is 0 Å². The van der Waals surface area contributed by atoms with Crippen molar-refractivity contribution in [2.75, 3.05) is 47.5 Å². The number of nitrogens with one attached hydrogen (secondary N) is 2. The van der Waals surface area contributed by atoms with E-state index in [0.29, 0.717) is 12.6 Å². The number of carbonyl (C=O) groups excluding carboxylic acids is 1. The van der Waals surface area contributed by atoms with Crippen molar-refractivity contribution in [1.82, 2.24) is 15.5 Å². The minimum absolute atomic E-state index is 0.0231. The van der Waals surface area contributed by atoms with Crippen LogP contribution < -0.4 is 10.6 Å². The lowest BCUT2D eigenvalue weighted by Gasteiger charge is -2.59. The maximum Gasteiger partial charge on any atom is 0.243 e. The van der Waals surface area contributed by atoms with Crippen LogP contribution in [0.1, 0.15) is 40.5 Å². The van der Waals surface area contributed by atoms with Crippen molar-refractivity contribution in [3.05, 3.63) is 0 Å². The molecular formula is C18H36N4O3. The summed E-state index contributed by atoms with van der Waals surface area (Å²) in [7, 11) is 5.23. The molecule has 0 aliphatic heterocycles. The normalized spacial score (nSPS) is 25.2. The van der Waals surface area contributed by atoms with Gasteiger partial charge in [0.25, 0.3) is 0 Å². The fourth-order valence-electron chi connectivity index (χ4n) is 2.85. The number of likely N-dealkylation sites (N-methyl/N-ethyl adjacent to an activating group) is 1. The first kappa shape index (κ1) is 21.7. The Morgan fingerprint density at radius 2 is 2.00 bits per heavy atom. The molecule has 0 aromatic carbocycles. The number of hydrogen-bond acceptors (Lipinski definition) is 4. The fourth-order valence-corrected chi connectivity index (χ4v) is 2.85. The molecule has 0 aromatic rings. The Morgan fingerprint density at radius 3 is 2.52 bits per heavy atom. The van der Waals surface area contributed by atoms with Crippen LogP contribution in [0.5, 0.6) is 0 Å². The van der Waals surface area contributed by atoms with E-state index in [1.165, 1.54) is 0 Å². The van der Waals surface area contributed by atoms with Crippen LogP contribution in [-0.2, 0) is 14.3 Å². The van der Waals surface area contributed by atoms with Gasteiger partial charge < -0.3 is 25.0 Å². The summed E-state index contributed by atoms with van der Waals surface area (Å²) in [4.78, 5) is 17.8. The van der Waals surface area contributed by atoms with Crippen LogP contribution in [0.2, 0.25) is 0 Å². The predicted octanol–water partition coefficient (Wildman–Crippen LogP) is 1.24. The maximum absolute atomic E-state index is 11.8. The van der Waals surface area contributed by atoms with E-state index in [1.54, 1.807) is 26.1 Å². The van der Waals surface area contributed by atoms with E-state index < -0.39 is 0 Å². The van der Waals surface area contributed by atoms with Gasteiger partial charge in [-0.3, -0.25) is 4.79 Å². The van der Waals surface area contributed by atoms with E-state index in [4.69, 9.17) is 9.47 Å². The van der Waals surface area contributed by atoms with Crippen LogP contribution in [0.25, 0.3) is 0 Å². The number of amides is 1. The molecule has 25 heavy (non-hydrogen) atoms. The molecule has 1 fully saturated rings. The van der Waals surface area contributed by atoms with Gasteiger partial charge in [0.15, 0.2) is 5.96 Å². The topological polar surface area (TPSA) is 75.2 Å². The molecule has 0 aromatic heterocycles. The second-order valence-electron chi connectivity index (χ2n) is 7.49. The van der Waals surface area contributed by atoms with Crippen molar-refractivity contribution in [3.8, 4) is 0 Å². The SMILES string of the molecule is CCOCCCNC(=NCC(=O)N(C)C)NC1CC(C)(OC)C1(C)C. The first-order valence-electron chi connectivity index (χ1n) is 9.06. The quantitative estimate of drug-likeness (QED) is 0.369. The third-order valence-electron chi connectivity index (χ3n) is 5.42. The molecule has 0 radical (unpaired) electrons. The summed E-state index contributed by atoms with van der Waals surface area (Å²) < 4.78 is 11.0. The average Bonchev–Trinajstić information content (AvgIpc) is 2.57. The monoisotopic (exact) mass is 356 g/mol. The number of ether oxygens (including phenoxy) is 2. The van der Waals surface area contributed by atoms with E-state index in [-0.39, 0.29) is 29.5 Å². The highest BCUT2D eigenvalue weighted by Crippen LogP contribution is 2.51. The lowest BCUT2D eigenvalue weighted by atomic mass is 9.56. The van der Waals surface area contributed by atoms with Crippen LogP contribution in [0, 0.1) is 5.41 Å². The second-order valence-corrected chi connectivity index (χ2v) is 7.49. The van der Waals surface area contributed by atoms with Gasteiger partial charge in [0.05, 0.1) is 5.60 Å². The predicted molar refractivity (Wildman–Crippen MR) is 101 cm³/mol. The Labute approximate surface area is 152 Å². The van der Waals surface area contributed by atoms with Gasteiger partial charge in [0, 0.05) is 52.4 Å². The number of rotatable bonds is 9. The number of carbonyl (C=O) groups is 1. The minimum Gasteiger partial charge on any atom is -0.382 e. The van der Waals surface area contributed by atoms with Crippen molar-refractivity contribution in [3.63, 3.8) is 0 Å². The van der Waals surface area contributed by atoms with Gasteiger partial charge in [0.2, 0.25) is 5.91 Å². The third kappa shape index (κ3) is 5.57. The molecule has 146 valence electrons. The Bertz CT molecular complexity index is 465. The van der Waals surface area contributed by atoms with E-state index in [2.05, 4.69) is 36.4 Å². The van der Waals surface area contributed by atoms with Crippen molar-refractivity contribution in [2.45, 2.75) is 52.2 Å². The largest absolute Gasteiger partial charge is 0.382 e. The number of methoxy groups -OCH3 is 1. The molecule has 7 nitrogen and oxygen atoms in total. The molecule has 2 atom stereocenters. The molecule has 0 bridgehead atoms. The highest BCUT2D eigenvalue weighted by atomic mass is 16.5. The Morgan fingerprint density at radius 1 is 1.32 bits per heavy atom. The van der Waals surface area contributed by atoms with E-state index in [1.807, 2.05) is 6.92 Å². The number of aliphatic imine (C=N–C) groups is 1. The Balaban J connectivity index is 2.65. The smallest absolute Gasteiger partial charge is 0.243 e. The molecule has 0 heterocycles. The number of guanidine groups is 1. The second kappa shape index (κ2) is 9.38. The van der Waals surface area contributed by atoms with Crippen LogP contribution in [0.4, 0.5) is 0 Å². The number of nitrogens with zero attached hydrogens (tertiary/aromatic N) is 2. The summed E-state index contributed by atoms with van der Waals surface area (Å²) >= 11 is 0. The highest BCUT2D eigenvalue weighted by molar-refractivity contribution is 5.85. The van der Waals surface area contributed by atoms with Crippen molar-refractivity contribution in [2.24, 2.45) is 10.4 Å². The zero-order valence-electron chi connectivity index (χ0n) is 16.9. The lowest BCUT2D eigenvalue weighted by molar-refractivity contribution is -0.176. The highest BCUT2D eigenvalue weighted by Gasteiger charge is 2.58. The first-order chi connectivity index (χ1) is 11.7. The van der Waals surface area contributed by atoms with Crippen molar-refractivity contribution < 1.29 is 14.3 Å². The molecule has 1 aliphatic carbocycles. The van der Waals surface area contributed by atoms with E-state index in [9.17, 15) is 4.79 Å². The summed E-state index contributed by atoms with van der Waals surface area (Å²) in [6.07, 6.45) is 1.79. The van der Waals surface area contributed by atoms with Gasteiger partial charge >= 0.3 is 0 Å². The minimum atomic E-state index is -0.149. The zero-order valence-corrected chi connectivity index (χ0v) is 16.9.